The van der Waals surface area contributed by atoms with Crippen LogP contribution in [0, 0.1) is 0 Å². The Morgan fingerprint density at radius 3 is 2.67 bits per heavy atom. The highest BCUT2D eigenvalue weighted by atomic mass is 16.5. The summed E-state index contributed by atoms with van der Waals surface area (Å²) in [6.45, 7) is 0.360. The Balaban J connectivity index is 2.08. The van der Waals surface area contributed by atoms with Gasteiger partial charge in [-0.05, 0) is 29.3 Å². The van der Waals surface area contributed by atoms with Crippen LogP contribution in [-0.2, 0) is 16.1 Å². The van der Waals surface area contributed by atoms with Crippen molar-refractivity contribution in [2.24, 2.45) is 0 Å². The summed E-state index contributed by atoms with van der Waals surface area (Å²) in [5.41, 5.74) is 1.74. The molecule has 1 N–H and O–H groups in total. The maximum Gasteiger partial charge on any atom is 0.330 e. The summed E-state index contributed by atoms with van der Waals surface area (Å²) in [7, 11) is 1.32. The molecular formula is C17H16O4. The molecule has 21 heavy (non-hydrogen) atoms. The summed E-state index contributed by atoms with van der Waals surface area (Å²) < 4.78 is 10.1. The number of hydrogen-bond donors (Lipinski definition) is 1. The molecule has 0 heterocycles. The zero-order valence-corrected chi connectivity index (χ0v) is 11.7. The van der Waals surface area contributed by atoms with Gasteiger partial charge >= 0.3 is 5.97 Å². The fraction of sp³-hybridized carbons (Fsp3) is 0.118. The summed E-state index contributed by atoms with van der Waals surface area (Å²) in [6.07, 6.45) is 2.91. The fourth-order valence-electron chi connectivity index (χ4n) is 1.72. The Labute approximate surface area is 123 Å². The van der Waals surface area contributed by atoms with E-state index in [1.165, 1.54) is 19.3 Å². The smallest absolute Gasteiger partial charge is 0.330 e. The summed E-state index contributed by atoms with van der Waals surface area (Å²) in [4.78, 5) is 11.1. The zero-order valence-electron chi connectivity index (χ0n) is 11.7. The normalized spacial score (nSPS) is 10.5. The number of methoxy groups -OCH3 is 1. The molecule has 0 spiro atoms. The number of ether oxygens (including phenoxy) is 2. The minimum atomic E-state index is -0.435. The van der Waals surface area contributed by atoms with Crippen LogP contribution in [-0.4, -0.2) is 18.2 Å². The molecule has 0 saturated carbocycles. The molecule has 0 aliphatic rings. The van der Waals surface area contributed by atoms with Crippen LogP contribution in [0.5, 0.6) is 11.5 Å². The van der Waals surface area contributed by atoms with E-state index in [1.54, 1.807) is 18.2 Å². The molecular weight excluding hydrogens is 268 g/mol. The van der Waals surface area contributed by atoms with Gasteiger partial charge in [0.15, 0.2) is 11.5 Å². The topological polar surface area (TPSA) is 55.8 Å². The van der Waals surface area contributed by atoms with Gasteiger partial charge in [-0.2, -0.15) is 0 Å². The fourth-order valence-corrected chi connectivity index (χ4v) is 1.72. The van der Waals surface area contributed by atoms with Crippen LogP contribution in [0.25, 0.3) is 6.08 Å². The van der Waals surface area contributed by atoms with Crippen molar-refractivity contribution >= 4 is 12.0 Å². The molecule has 0 fully saturated rings. The molecule has 0 aromatic heterocycles. The number of carbonyl (C=O) groups excluding carboxylic acids is 1. The lowest BCUT2D eigenvalue weighted by atomic mass is 10.2. The minimum absolute atomic E-state index is 0.0566. The van der Waals surface area contributed by atoms with Crippen molar-refractivity contribution in [2.75, 3.05) is 7.11 Å². The van der Waals surface area contributed by atoms with Crippen molar-refractivity contribution in [3.05, 3.63) is 65.7 Å². The molecule has 4 heteroatoms. The van der Waals surface area contributed by atoms with E-state index in [9.17, 15) is 9.90 Å². The lowest BCUT2D eigenvalue weighted by molar-refractivity contribution is -0.134. The second-order valence-corrected chi connectivity index (χ2v) is 4.36. The Hall–Kier alpha value is -2.75. The number of rotatable bonds is 5. The Morgan fingerprint density at radius 2 is 1.95 bits per heavy atom. The molecule has 108 valence electrons. The van der Waals surface area contributed by atoms with Crippen molar-refractivity contribution in [1.29, 1.82) is 0 Å². The molecule has 0 bridgehead atoms. The average Bonchev–Trinajstić information content (AvgIpc) is 2.53. The molecule has 0 unspecified atom stereocenters. The zero-order chi connectivity index (χ0) is 15.1. The van der Waals surface area contributed by atoms with Gasteiger partial charge in [-0.3, -0.25) is 0 Å². The minimum Gasteiger partial charge on any atom is -0.504 e. The first kappa shape index (κ1) is 14.7. The highest BCUT2D eigenvalue weighted by molar-refractivity contribution is 5.87. The van der Waals surface area contributed by atoms with E-state index in [2.05, 4.69) is 4.74 Å². The van der Waals surface area contributed by atoms with Crippen molar-refractivity contribution < 1.29 is 19.4 Å². The quantitative estimate of drug-likeness (QED) is 0.677. The molecule has 2 aromatic carbocycles. The Morgan fingerprint density at radius 1 is 1.19 bits per heavy atom. The van der Waals surface area contributed by atoms with E-state index in [1.807, 2.05) is 30.3 Å². The predicted molar refractivity (Wildman–Crippen MR) is 79.9 cm³/mol. The highest BCUT2D eigenvalue weighted by Crippen LogP contribution is 2.28. The van der Waals surface area contributed by atoms with E-state index in [4.69, 9.17) is 4.74 Å². The van der Waals surface area contributed by atoms with Crippen molar-refractivity contribution in [2.45, 2.75) is 6.61 Å². The van der Waals surface area contributed by atoms with Crippen LogP contribution in [0.4, 0.5) is 0 Å². The predicted octanol–water partition coefficient (Wildman–Crippen LogP) is 3.16. The number of benzene rings is 2. The van der Waals surface area contributed by atoms with Gasteiger partial charge in [0.05, 0.1) is 7.11 Å². The van der Waals surface area contributed by atoms with Gasteiger partial charge in [0, 0.05) is 6.08 Å². The lowest BCUT2D eigenvalue weighted by Gasteiger charge is -2.09. The molecule has 0 saturated heterocycles. The molecule has 0 radical (unpaired) electrons. The number of hydrogen-bond acceptors (Lipinski definition) is 4. The maximum absolute atomic E-state index is 11.1. The van der Waals surface area contributed by atoms with E-state index in [-0.39, 0.29) is 5.75 Å². The van der Waals surface area contributed by atoms with E-state index in [0.717, 1.165) is 11.1 Å². The lowest BCUT2D eigenvalue weighted by Crippen LogP contribution is -1.96. The number of phenolic OH excluding ortho intramolecular Hbond substituents is 1. The SMILES string of the molecule is COC(=O)C=Cc1ccc(O)c(OCc2ccccc2)c1. The highest BCUT2D eigenvalue weighted by Gasteiger charge is 2.04. The van der Waals surface area contributed by atoms with E-state index >= 15 is 0 Å². The molecule has 4 nitrogen and oxygen atoms in total. The van der Waals surface area contributed by atoms with Crippen LogP contribution in [0.2, 0.25) is 0 Å². The van der Waals surface area contributed by atoms with Crippen molar-refractivity contribution in [3.8, 4) is 11.5 Å². The van der Waals surface area contributed by atoms with E-state index < -0.39 is 5.97 Å². The number of esters is 1. The van der Waals surface area contributed by atoms with Crippen molar-refractivity contribution in [1.82, 2.24) is 0 Å². The second-order valence-electron chi connectivity index (χ2n) is 4.36. The van der Waals surface area contributed by atoms with Crippen LogP contribution < -0.4 is 4.74 Å². The monoisotopic (exact) mass is 284 g/mol. The third-order valence-electron chi connectivity index (χ3n) is 2.83. The van der Waals surface area contributed by atoms with Gasteiger partial charge in [-0.25, -0.2) is 4.79 Å². The first-order valence-corrected chi connectivity index (χ1v) is 6.45. The first-order chi connectivity index (χ1) is 10.2. The molecule has 2 rings (SSSR count). The summed E-state index contributed by atoms with van der Waals surface area (Å²) in [6, 6.07) is 14.5. The standard InChI is InChI=1S/C17H16O4/c1-20-17(19)10-8-13-7-9-15(18)16(11-13)21-12-14-5-3-2-4-6-14/h2-11,18H,12H2,1H3. The summed E-state index contributed by atoms with van der Waals surface area (Å²) >= 11 is 0. The molecule has 2 aromatic rings. The second kappa shape index (κ2) is 7.14. The maximum atomic E-state index is 11.1. The third-order valence-corrected chi connectivity index (χ3v) is 2.83. The molecule has 0 aliphatic heterocycles. The van der Waals surface area contributed by atoms with Gasteiger partial charge in [-0.15, -0.1) is 0 Å². The van der Waals surface area contributed by atoms with Crippen LogP contribution in [0.15, 0.2) is 54.6 Å². The van der Waals surface area contributed by atoms with Gasteiger partial charge < -0.3 is 14.6 Å². The Bertz CT molecular complexity index is 632. The third kappa shape index (κ3) is 4.38. The van der Waals surface area contributed by atoms with Crippen molar-refractivity contribution in [3.63, 3.8) is 0 Å². The van der Waals surface area contributed by atoms with Crippen LogP contribution in [0.3, 0.4) is 0 Å². The summed E-state index contributed by atoms with van der Waals surface area (Å²) in [5.74, 6) is -0.0122. The van der Waals surface area contributed by atoms with Gasteiger partial charge in [0.25, 0.3) is 0 Å². The summed E-state index contributed by atoms with van der Waals surface area (Å²) in [5, 5.41) is 9.80. The van der Waals surface area contributed by atoms with E-state index in [0.29, 0.717) is 12.4 Å². The molecule has 0 atom stereocenters. The van der Waals surface area contributed by atoms with Crippen LogP contribution >= 0.6 is 0 Å². The largest absolute Gasteiger partial charge is 0.504 e. The number of aromatic hydroxyl groups is 1. The van der Waals surface area contributed by atoms with Gasteiger partial charge in [0.2, 0.25) is 0 Å². The average molecular weight is 284 g/mol. The Kier molecular flexibility index (Phi) is 4.99. The number of phenols is 1. The van der Waals surface area contributed by atoms with Crippen LogP contribution in [0.1, 0.15) is 11.1 Å². The molecule has 0 aliphatic carbocycles. The van der Waals surface area contributed by atoms with Gasteiger partial charge in [0.1, 0.15) is 6.61 Å². The first-order valence-electron chi connectivity index (χ1n) is 6.45. The molecule has 0 amide bonds. The number of carbonyl (C=O) groups is 1. The van der Waals surface area contributed by atoms with Gasteiger partial charge in [-0.1, -0.05) is 36.4 Å².